The number of para-hydroxylation sites is 1. The number of phenols is 1. The molecule has 3 nitrogen and oxygen atoms in total. The molecular formula is C19H22O3. The van der Waals surface area contributed by atoms with Gasteiger partial charge in [-0.2, -0.15) is 0 Å². The van der Waals surface area contributed by atoms with Crippen LogP contribution in [0, 0.1) is 6.92 Å². The summed E-state index contributed by atoms with van der Waals surface area (Å²) < 4.78 is 0. The van der Waals surface area contributed by atoms with Crippen LogP contribution in [-0.4, -0.2) is 16.2 Å². The molecule has 0 fully saturated rings. The first-order chi connectivity index (χ1) is 10.4. The lowest BCUT2D eigenvalue weighted by Gasteiger charge is -2.17. The fourth-order valence-corrected chi connectivity index (χ4v) is 2.29. The summed E-state index contributed by atoms with van der Waals surface area (Å²) in [5, 5.41) is 17.6. The number of rotatable bonds is 3. The van der Waals surface area contributed by atoms with Crippen LogP contribution in [0.4, 0.5) is 0 Å². The zero-order valence-electron chi connectivity index (χ0n) is 13.2. The molecule has 22 heavy (non-hydrogen) atoms. The quantitative estimate of drug-likeness (QED) is 0.871. The minimum atomic E-state index is -0.833. The number of aromatic hydroxyl groups is 1. The minimum absolute atomic E-state index is 0.152. The molecule has 2 aromatic carbocycles. The molecule has 0 aliphatic heterocycles. The Kier molecular flexibility index (Phi) is 6.39. The zero-order chi connectivity index (χ0) is 16.7. The van der Waals surface area contributed by atoms with Gasteiger partial charge in [0.1, 0.15) is 5.75 Å². The molecule has 1 unspecified atom stereocenters. The summed E-state index contributed by atoms with van der Waals surface area (Å²) in [7, 11) is 0. The average Bonchev–Trinajstić information content (AvgIpc) is 2.49. The van der Waals surface area contributed by atoms with E-state index in [1.165, 1.54) is 5.56 Å². The van der Waals surface area contributed by atoms with Gasteiger partial charge >= 0.3 is 0 Å². The summed E-state index contributed by atoms with van der Waals surface area (Å²) in [6.07, 6.45) is 1.86. The Morgan fingerprint density at radius 1 is 1.14 bits per heavy atom. The molecule has 116 valence electrons. The van der Waals surface area contributed by atoms with Crippen LogP contribution in [0.15, 0.2) is 49.0 Å². The zero-order valence-corrected chi connectivity index (χ0v) is 13.2. The molecule has 0 aromatic heterocycles. The van der Waals surface area contributed by atoms with Gasteiger partial charge in [0.05, 0.1) is 0 Å². The van der Waals surface area contributed by atoms with Crippen LogP contribution < -0.4 is 0 Å². The summed E-state index contributed by atoms with van der Waals surface area (Å²) in [6, 6.07) is 14.0. The third-order valence-electron chi connectivity index (χ3n) is 3.42. The van der Waals surface area contributed by atoms with Crippen molar-refractivity contribution < 1.29 is 15.0 Å². The monoisotopic (exact) mass is 298 g/mol. The minimum Gasteiger partial charge on any atom is -0.507 e. The van der Waals surface area contributed by atoms with Gasteiger partial charge in [-0.25, -0.2) is 0 Å². The summed E-state index contributed by atoms with van der Waals surface area (Å²) in [4.78, 5) is 9.00. The van der Waals surface area contributed by atoms with Gasteiger partial charge in [0.15, 0.2) is 0 Å². The Bertz CT molecular complexity index is 655. The fraction of sp³-hybridized carbons (Fsp3) is 0.211. The SMILES string of the molecule is C=Cc1ccccc1C(C)c1cccc(C)c1O.CC(=O)O. The van der Waals surface area contributed by atoms with Gasteiger partial charge in [0, 0.05) is 18.4 Å². The maximum absolute atomic E-state index is 10.2. The van der Waals surface area contributed by atoms with Crippen LogP contribution in [0.5, 0.6) is 5.75 Å². The van der Waals surface area contributed by atoms with Gasteiger partial charge in [-0.05, 0) is 23.6 Å². The Hall–Kier alpha value is -2.55. The molecule has 0 aliphatic rings. The normalized spacial score (nSPS) is 11.0. The number of hydrogen-bond acceptors (Lipinski definition) is 2. The molecule has 0 saturated heterocycles. The van der Waals surface area contributed by atoms with Gasteiger partial charge in [0.25, 0.3) is 5.97 Å². The predicted octanol–water partition coefficient (Wildman–Crippen LogP) is 4.59. The predicted molar refractivity (Wildman–Crippen MR) is 90.2 cm³/mol. The molecule has 2 rings (SSSR count). The molecule has 2 aromatic rings. The number of carboxylic acids is 1. The van der Waals surface area contributed by atoms with E-state index in [0.717, 1.165) is 23.6 Å². The first-order valence-corrected chi connectivity index (χ1v) is 7.07. The highest BCUT2D eigenvalue weighted by molar-refractivity contribution is 5.63. The van der Waals surface area contributed by atoms with Crippen molar-refractivity contribution in [3.8, 4) is 5.75 Å². The molecule has 2 N–H and O–H groups in total. The van der Waals surface area contributed by atoms with Crippen molar-refractivity contribution in [1.29, 1.82) is 0 Å². The van der Waals surface area contributed by atoms with Gasteiger partial charge < -0.3 is 10.2 Å². The van der Waals surface area contributed by atoms with Crippen molar-refractivity contribution in [1.82, 2.24) is 0 Å². The van der Waals surface area contributed by atoms with Crippen LogP contribution >= 0.6 is 0 Å². The number of carbonyl (C=O) groups is 1. The smallest absolute Gasteiger partial charge is 0.300 e. The third-order valence-corrected chi connectivity index (χ3v) is 3.42. The standard InChI is InChI=1S/C17H18O.C2H4O2/c1-4-14-9-5-6-10-15(14)13(3)16-11-7-8-12(2)17(16)18;1-2(3)4/h4-11,13,18H,1H2,2-3H3;1H3,(H,3,4). The van der Waals surface area contributed by atoms with E-state index >= 15 is 0 Å². The highest BCUT2D eigenvalue weighted by Gasteiger charge is 2.15. The molecule has 0 bridgehead atoms. The van der Waals surface area contributed by atoms with Crippen molar-refractivity contribution in [2.24, 2.45) is 0 Å². The van der Waals surface area contributed by atoms with E-state index in [0.29, 0.717) is 5.75 Å². The van der Waals surface area contributed by atoms with Gasteiger partial charge in [-0.3, -0.25) is 4.79 Å². The van der Waals surface area contributed by atoms with Crippen LogP contribution in [0.1, 0.15) is 42.0 Å². The van der Waals surface area contributed by atoms with E-state index < -0.39 is 5.97 Å². The third kappa shape index (κ3) is 4.48. The topological polar surface area (TPSA) is 57.5 Å². The first-order valence-electron chi connectivity index (χ1n) is 7.07. The first kappa shape index (κ1) is 17.5. The Morgan fingerprint density at radius 2 is 1.68 bits per heavy atom. The fourth-order valence-electron chi connectivity index (χ4n) is 2.29. The van der Waals surface area contributed by atoms with E-state index in [4.69, 9.17) is 9.90 Å². The van der Waals surface area contributed by atoms with Crippen molar-refractivity contribution in [3.63, 3.8) is 0 Å². The lowest BCUT2D eigenvalue weighted by Crippen LogP contribution is -1.99. The maximum Gasteiger partial charge on any atom is 0.300 e. The maximum atomic E-state index is 10.2. The van der Waals surface area contributed by atoms with Crippen LogP contribution in [0.3, 0.4) is 0 Å². The number of carboxylic acid groups (broad SMARTS) is 1. The van der Waals surface area contributed by atoms with Crippen LogP contribution in [-0.2, 0) is 4.79 Å². The lowest BCUT2D eigenvalue weighted by atomic mass is 9.88. The van der Waals surface area contributed by atoms with Crippen molar-refractivity contribution in [3.05, 3.63) is 71.3 Å². The Labute approximate surface area is 131 Å². The average molecular weight is 298 g/mol. The molecule has 0 amide bonds. The van der Waals surface area contributed by atoms with Crippen LogP contribution in [0.25, 0.3) is 6.08 Å². The Balaban J connectivity index is 0.000000541. The largest absolute Gasteiger partial charge is 0.507 e. The number of aryl methyl sites for hydroxylation is 1. The van der Waals surface area contributed by atoms with Crippen molar-refractivity contribution in [2.75, 3.05) is 0 Å². The van der Waals surface area contributed by atoms with Gasteiger partial charge in [0.2, 0.25) is 0 Å². The highest BCUT2D eigenvalue weighted by atomic mass is 16.4. The molecule has 0 heterocycles. The number of hydrogen-bond donors (Lipinski definition) is 2. The number of benzene rings is 2. The van der Waals surface area contributed by atoms with E-state index in [2.05, 4.69) is 19.6 Å². The number of aliphatic carboxylic acids is 1. The molecular weight excluding hydrogens is 276 g/mol. The summed E-state index contributed by atoms with van der Waals surface area (Å²) in [5.41, 5.74) is 4.18. The molecule has 0 spiro atoms. The van der Waals surface area contributed by atoms with Gasteiger partial charge in [-0.15, -0.1) is 0 Å². The summed E-state index contributed by atoms with van der Waals surface area (Å²) in [5.74, 6) is -0.289. The second-order valence-corrected chi connectivity index (χ2v) is 5.09. The van der Waals surface area contributed by atoms with Crippen molar-refractivity contribution >= 4 is 12.0 Å². The van der Waals surface area contributed by atoms with E-state index in [1.54, 1.807) is 0 Å². The number of phenolic OH excluding ortho intramolecular Hbond substituents is 1. The van der Waals surface area contributed by atoms with E-state index in [1.807, 2.05) is 49.4 Å². The van der Waals surface area contributed by atoms with Gasteiger partial charge in [-0.1, -0.05) is 62.0 Å². The molecule has 1 atom stereocenters. The molecule has 3 heteroatoms. The summed E-state index contributed by atoms with van der Waals surface area (Å²) >= 11 is 0. The molecule has 0 aliphatic carbocycles. The molecule has 0 saturated carbocycles. The van der Waals surface area contributed by atoms with Crippen LogP contribution in [0.2, 0.25) is 0 Å². The second-order valence-electron chi connectivity index (χ2n) is 5.09. The highest BCUT2D eigenvalue weighted by Crippen LogP contribution is 2.34. The van der Waals surface area contributed by atoms with E-state index in [9.17, 15) is 5.11 Å². The van der Waals surface area contributed by atoms with E-state index in [-0.39, 0.29) is 5.92 Å². The summed E-state index contributed by atoms with van der Waals surface area (Å²) in [6.45, 7) is 8.96. The second kappa shape index (κ2) is 8.03. The molecule has 0 radical (unpaired) electrons. The lowest BCUT2D eigenvalue weighted by molar-refractivity contribution is -0.134. The Morgan fingerprint density at radius 3 is 2.27 bits per heavy atom. The van der Waals surface area contributed by atoms with Crippen molar-refractivity contribution in [2.45, 2.75) is 26.7 Å².